The van der Waals surface area contributed by atoms with Crippen molar-refractivity contribution in [1.29, 1.82) is 5.26 Å². The highest BCUT2D eigenvalue weighted by atomic mass is 32.1. The number of hydrogen-bond donors (Lipinski definition) is 0. The molecule has 0 aliphatic carbocycles. The van der Waals surface area contributed by atoms with Crippen molar-refractivity contribution < 1.29 is 31.1 Å². The van der Waals surface area contributed by atoms with Gasteiger partial charge in [0.15, 0.2) is 16.9 Å². The molecule has 1 amide bonds. The number of nitriles is 1. The first-order valence-electron chi connectivity index (χ1n) is 13.9. The summed E-state index contributed by atoms with van der Waals surface area (Å²) in [6, 6.07) is 8.31. The molecule has 0 saturated carbocycles. The Labute approximate surface area is 302 Å². The van der Waals surface area contributed by atoms with Crippen LogP contribution in [0.2, 0.25) is 0 Å². The molecule has 3 rings (SSSR count). The number of halogens is 6. The van der Waals surface area contributed by atoms with Crippen molar-refractivity contribution in [2.75, 3.05) is 9.80 Å². The normalized spacial score (nSPS) is 11.4. The molecule has 1 heterocycles. The second-order valence-corrected chi connectivity index (χ2v) is 10.0. The first kappa shape index (κ1) is 40.6. The molecular weight excluding hydrogens is 699 g/mol. The lowest BCUT2D eigenvalue weighted by atomic mass is 10.0. The molecule has 1 saturated heterocycles. The summed E-state index contributed by atoms with van der Waals surface area (Å²) in [5, 5.41) is 7.90. The average Bonchev–Trinajstić information content (AvgIpc) is 3.27. The van der Waals surface area contributed by atoms with Gasteiger partial charge in [-0.2, -0.15) is 31.6 Å². The maximum absolute atomic E-state index is 13.3. The van der Waals surface area contributed by atoms with Crippen LogP contribution in [0, 0.1) is 124 Å². The molecule has 12 heteroatoms. The summed E-state index contributed by atoms with van der Waals surface area (Å²) in [4.78, 5) is 18.1. The molecule has 1 aliphatic heterocycles. The van der Waals surface area contributed by atoms with Crippen molar-refractivity contribution in [2.24, 2.45) is 0 Å². The number of alkyl halides is 6. The highest BCUT2D eigenvalue weighted by Gasteiger charge is 2.50. The summed E-state index contributed by atoms with van der Waals surface area (Å²) in [7, 11) is 0. The Bertz CT molecular complexity index is 2450. The van der Waals surface area contributed by atoms with E-state index in [1.165, 1.54) is 24.8 Å². The molecule has 2 aromatic rings. The van der Waals surface area contributed by atoms with E-state index in [4.69, 9.17) is 24.1 Å². The van der Waals surface area contributed by atoms with Crippen LogP contribution in [0.3, 0.4) is 0 Å². The smallest absolute Gasteiger partial charge is 0.304 e. The van der Waals surface area contributed by atoms with E-state index in [1.807, 2.05) is 0 Å². The van der Waals surface area contributed by atoms with Gasteiger partial charge in [-0.3, -0.25) is 9.69 Å². The number of amides is 1. The zero-order valence-corrected chi connectivity index (χ0v) is 27.7. The molecule has 0 spiro atoms. The quantitative estimate of drug-likeness (QED) is 0.150. The van der Waals surface area contributed by atoms with Crippen LogP contribution in [0.15, 0.2) is 42.5 Å². The number of carbonyl (C=O) groups excluding carboxylic acids is 1. The monoisotopic (exact) mass is 714 g/mol. The minimum atomic E-state index is -4.83. The van der Waals surface area contributed by atoms with Crippen molar-refractivity contribution in [3.63, 3.8) is 0 Å². The highest BCUT2D eigenvalue weighted by Crippen LogP contribution is 2.42. The SMILES string of the molecule is CC#CC#CC#CC#CC#CC#CC#CC#CC#CC#N.[C-]#[N+]c1ccc(N2C(=O)C(C)(C)N(c3ccc(C(F)(F)F)cc3)C2=S)cc1C(F)(F)F. The Hall–Kier alpha value is -7.60. The summed E-state index contributed by atoms with van der Waals surface area (Å²) >= 11 is 5.32. The fourth-order valence-corrected chi connectivity index (χ4v) is 4.32. The molecule has 0 unspecified atom stereocenters. The van der Waals surface area contributed by atoms with Crippen molar-refractivity contribution in [2.45, 2.75) is 38.7 Å². The van der Waals surface area contributed by atoms with E-state index in [1.54, 1.807) is 13.0 Å². The molecule has 5 nitrogen and oxygen atoms in total. The maximum Gasteiger partial charge on any atom is 0.416 e. The third-order valence-electron chi connectivity index (χ3n) is 5.97. The minimum absolute atomic E-state index is 0.174. The first-order chi connectivity index (χ1) is 24.6. The topological polar surface area (TPSA) is 51.7 Å². The Balaban J connectivity index is 0.000000392. The average molecular weight is 715 g/mol. The van der Waals surface area contributed by atoms with Gasteiger partial charge in [-0.05, 0) is 117 Å². The number of carbonyl (C=O) groups is 1. The van der Waals surface area contributed by atoms with E-state index in [-0.39, 0.29) is 16.5 Å². The fraction of sp³-hybridized carbons (Fsp3) is 0.150. The standard InChI is InChI=1S/C20H13F6N3OS.C20H3N/c1-18(2)16(30)28(13-8-9-15(27-3)14(10-13)20(24,25)26)17(31)29(18)12-6-4-11(5-7-12)19(21,22)23;1-2-3-4-5-6-7-8-9-10-11-12-13-14-15-16-17-18-19-20-21/h4-10H,1-2H3;1H3. The van der Waals surface area contributed by atoms with Crippen LogP contribution < -0.4 is 9.80 Å². The van der Waals surface area contributed by atoms with Crippen molar-refractivity contribution in [3.8, 4) is 113 Å². The predicted molar refractivity (Wildman–Crippen MR) is 187 cm³/mol. The molecule has 1 aliphatic rings. The minimum Gasteiger partial charge on any atom is -0.304 e. The Morgan fingerprint density at radius 3 is 1.50 bits per heavy atom. The van der Waals surface area contributed by atoms with Gasteiger partial charge < -0.3 is 4.90 Å². The van der Waals surface area contributed by atoms with Crippen LogP contribution in [0.25, 0.3) is 4.85 Å². The number of benzene rings is 2. The lowest BCUT2D eigenvalue weighted by molar-refractivity contribution is -0.138. The molecule has 2 aromatic carbocycles. The van der Waals surface area contributed by atoms with Crippen molar-refractivity contribution >= 4 is 40.3 Å². The summed E-state index contributed by atoms with van der Waals surface area (Å²) in [6.07, 6.45) is -9.39. The molecular formula is C40H16F6N4OS. The van der Waals surface area contributed by atoms with Crippen molar-refractivity contribution in [3.05, 3.63) is 65.0 Å². The highest BCUT2D eigenvalue weighted by molar-refractivity contribution is 7.81. The largest absolute Gasteiger partial charge is 0.416 e. The lowest BCUT2D eigenvalue weighted by Crippen LogP contribution is -2.44. The Kier molecular flexibility index (Phi) is 14.7. The van der Waals surface area contributed by atoms with Gasteiger partial charge >= 0.3 is 12.4 Å². The number of thiocarbonyl (C=S) groups is 1. The van der Waals surface area contributed by atoms with Gasteiger partial charge in [-0.1, -0.05) is 12.0 Å². The van der Waals surface area contributed by atoms with Gasteiger partial charge in [0, 0.05) is 64.7 Å². The second-order valence-electron chi connectivity index (χ2n) is 9.66. The van der Waals surface area contributed by atoms with E-state index < -0.39 is 40.6 Å². The Morgan fingerprint density at radius 2 is 1.12 bits per heavy atom. The van der Waals surface area contributed by atoms with Crippen LogP contribution in [-0.4, -0.2) is 16.6 Å². The van der Waals surface area contributed by atoms with E-state index >= 15 is 0 Å². The van der Waals surface area contributed by atoms with E-state index in [2.05, 4.69) is 111 Å². The summed E-state index contributed by atoms with van der Waals surface area (Å²) < 4.78 is 78.6. The molecule has 1 fully saturated rings. The van der Waals surface area contributed by atoms with Gasteiger partial charge in [0.2, 0.25) is 0 Å². The van der Waals surface area contributed by atoms with Gasteiger partial charge in [0.1, 0.15) is 5.54 Å². The predicted octanol–water partition coefficient (Wildman–Crippen LogP) is 6.75. The zero-order valence-electron chi connectivity index (χ0n) is 26.9. The molecule has 0 atom stereocenters. The number of rotatable bonds is 2. The summed E-state index contributed by atoms with van der Waals surface area (Å²) in [5.41, 5.74) is -4.15. The Morgan fingerprint density at radius 1 is 0.692 bits per heavy atom. The molecule has 52 heavy (non-hydrogen) atoms. The van der Waals surface area contributed by atoms with Crippen LogP contribution in [-0.2, 0) is 17.1 Å². The molecule has 0 radical (unpaired) electrons. The fourth-order valence-electron chi connectivity index (χ4n) is 3.80. The van der Waals surface area contributed by atoms with Crippen LogP contribution in [0.4, 0.5) is 43.4 Å². The molecule has 0 bridgehead atoms. The van der Waals surface area contributed by atoms with Crippen LogP contribution in [0.5, 0.6) is 0 Å². The molecule has 250 valence electrons. The van der Waals surface area contributed by atoms with E-state index in [9.17, 15) is 31.1 Å². The summed E-state index contributed by atoms with van der Waals surface area (Å²) in [6.45, 7) is 11.5. The van der Waals surface area contributed by atoms with Gasteiger partial charge in [-0.15, -0.1) is 0 Å². The second kappa shape index (κ2) is 18.8. The maximum atomic E-state index is 13.3. The lowest BCUT2D eigenvalue weighted by Gasteiger charge is -2.29. The van der Waals surface area contributed by atoms with Gasteiger partial charge in [0.25, 0.3) is 5.91 Å². The molecule has 0 aromatic heterocycles. The van der Waals surface area contributed by atoms with Gasteiger partial charge in [0.05, 0.1) is 17.7 Å². The third-order valence-corrected chi connectivity index (χ3v) is 6.33. The van der Waals surface area contributed by atoms with Crippen molar-refractivity contribution in [1.82, 2.24) is 0 Å². The van der Waals surface area contributed by atoms with E-state index in [0.717, 1.165) is 35.2 Å². The zero-order chi connectivity index (χ0) is 38.8. The third kappa shape index (κ3) is 11.5. The molecule has 0 N–H and O–H groups in total. The van der Waals surface area contributed by atoms with Crippen LogP contribution in [0.1, 0.15) is 31.9 Å². The van der Waals surface area contributed by atoms with E-state index in [0.29, 0.717) is 6.07 Å². The first-order valence-corrected chi connectivity index (χ1v) is 14.3. The number of hydrogen-bond acceptors (Lipinski definition) is 3. The number of anilines is 2. The number of nitrogens with zero attached hydrogens (tertiary/aromatic N) is 4. The van der Waals surface area contributed by atoms with Crippen LogP contribution >= 0.6 is 12.2 Å². The summed E-state index contributed by atoms with van der Waals surface area (Å²) in [5.74, 6) is 43.4. The van der Waals surface area contributed by atoms with Gasteiger partial charge in [-0.25, -0.2) is 4.85 Å².